The fourth-order valence-electron chi connectivity index (χ4n) is 2.11. The maximum Gasteiger partial charge on any atom is 0.153 e. The molecule has 0 aromatic carbocycles. The van der Waals surface area contributed by atoms with E-state index in [9.17, 15) is 8.42 Å². The van der Waals surface area contributed by atoms with Crippen LogP contribution in [-0.4, -0.2) is 56.0 Å². The van der Waals surface area contributed by atoms with Gasteiger partial charge in [-0.15, -0.1) is 0 Å². The molecule has 1 fully saturated rings. The Labute approximate surface area is 106 Å². The average molecular weight is 262 g/mol. The van der Waals surface area contributed by atoms with Crippen LogP contribution >= 0.6 is 0 Å². The van der Waals surface area contributed by atoms with E-state index in [1.54, 1.807) is 13.8 Å². The van der Waals surface area contributed by atoms with Crippen molar-refractivity contribution in [1.82, 2.24) is 10.2 Å². The van der Waals surface area contributed by atoms with Gasteiger partial charge >= 0.3 is 0 Å². The molecule has 0 saturated carbocycles. The molecule has 0 unspecified atom stereocenters. The molecule has 5 heteroatoms. The van der Waals surface area contributed by atoms with Crippen molar-refractivity contribution in [3.8, 4) is 0 Å². The molecule has 0 spiro atoms. The summed E-state index contributed by atoms with van der Waals surface area (Å²) in [4.78, 5) is 2.26. The molecule has 0 atom stereocenters. The van der Waals surface area contributed by atoms with E-state index in [0.717, 1.165) is 26.1 Å². The highest BCUT2D eigenvalue weighted by Crippen LogP contribution is 2.11. The van der Waals surface area contributed by atoms with Crippen LogP contribution < -0.4 is 5.32 Å². The van der Waals surface area contributed by atoms with Crippen LogP contribution in [0.15, 0.2) is 0 Å². The topological polar surface area (TPSA) is 49.4 Å². The minimum atomic E-state index is -2.91. The lowest BCUT2D eigenvalue weighted by Gasteiger charge is -2.30. The molecule has 0 bridgehead atoms. The first-order valence-corrected chi connectivity index (χ1v) is 8.13. The van der Waals surface area contributed by atoms with Crippen molar-refractivity contribution in [2.45, 2.75) is 44.9 Å². The van der Waals surface area contributed by atoms with E-state index in [1.807, 2.05) is 0 Å². The van der Waals surface area contributed by atoms with Gasteiger partial charge in [0.05, 0.1) is 11.0 Å². The van der Waals surface area contributed by atoms with E-state index < -0.39 is 9.84 Å². The van der Waals surface area contributed by atoms with Crippen LogP contribution in [0.2, 0.25) is 0 Å². The molecule has 1 saturated heterocycles. The zero-order valence-electron chi connectivity index (χ0n) is 11.5. The molecule has 1 N–H and O–H groups in total. The second kappa shape index (κ2) is 5.67. The van der Waals surface area contributed by atoms with Crippen LogP contribution in [-0.2, 0) is 9.84 Å². The third-order valence-corrected chi connectivity index (χ3v) is 5.47. The second-order valence-corrected chi connectivity index (χ2v) is 8.53. The van der Waals surface area contributed by atoms with Crippen molar-refractivity contribution in [2.75, 3.05) is 31.9 Å². The number of hydrogen-bond acceptors (Lipinski definition) is 4. The van der Waals surface area contributed by atoms with Gasteiger partial charge in [0.2, 0.25) is 0 Å². The Morgan fingerprint density at radius 3 is 2.59 bits per heavy atom. The maximum absolute atomic E-state index is 11.8. The van der Waals surface area contributed by atoms with Crippen LogP contribution in [0.4, 0.5) is 0 Å². The van der Waals surface area contributed by atoms with Crippen molar-refractivity contribution in [2.24, 2.45) is 0 Å². The number of nitrogens with zero attached hydrogens (tertiary/aromatic N) is 1. The molecule has 0 aromatic heterocycles. The van der Waals surface area contributed by atoms with Gasteiger partial charge in [-0.25, -0.2) is 8.42 Å². The minimum Gasteiger partial charge on any atom is -0.310 e. The molecular formula is C12H26N2O2S. The van der Waals surface area contributed by atoms with Crippen LogP contribution in [0, 0.1) is 0 Å². The summed E-state index contributed by atoms with van der Waals surface area (Å²) in [5, 5.41) is 3.22. The van der Waals surface area contributed by atoms with Crippen molar-refractivity contribution in [3.63, 3.8) is 0 Å². The molecule has 102 valence electrons. The van der Waals surface area contributed by atoms with Gasteiger partial charge in [-0.05, 0) is 47.2 Å². The van der Waals surface area contributed by atoms with E-state index in [0.29, 0.717) is 6.54 Å². The van der Waals surface area contributed by atoms with Gasteiger partial charge in [-0.3, -0.25) is 0 Å². The van der Waals surface area contributed by atoms with E-state index in [2.05, 4.69) is 24.1 Å². The van der Waals surface area contributed by atoms with Crippen LogP contribution in [0.1, 0.15) is 34.1 Å². The van der Waals surface area contributed by atoms with Gasteiger partial charge in [0.25, 0.3) is 0 Å². The Kier molecular flexibility index (Phi) is 4.98. The van der Waals surface area contributed by atoms with Crippen molar-refractivity contribution in [3.05, 3.63) is 0 Å². The third kappa shape index (κ3) is 4.94. The van der Waals surface area contributed by atoms with Crippen molar-refractivity contribution >= 4 is 9.84 Å². The zero-order valence-corrected chi connectivity index (χ0v) is 12.3. The molecular weight excluding hydrogens is 236 g/mol. The summed E-state index contributed by atoms with van der Waals surface area (Å²) in [6.07, 6.45) is 1.09. The first kappa shape index (κ1) is 14.9. The summed E-state index contributed by atoms with van der Waals surface area (Å²) >= 11 is 0. The molecule has 17 heavy (non-hydrogen) atoms. The van der Waals surface area contributed by atoms with Gasteiger partial charge < -0.3 is 10.2 Å². The van der Waals surface area contributed by atoms with Crippen LogP contribution in [0.25, 0.3) is 0 Å². The highest BCUT2D eigenvalue weighted by Gasteiger charge is 2.25. The van der Waals surface area contributed by atoms with Gasteiger partial charge in [0, 0.05) is 18.6 Å². The highest BCUT2D eigenvalue weighted by molar-refractivity contribution is 7.92. The molecule has 1 aliphatic heterocycles. The van der Waals surface area contributed by atoms with Crippen LogP contribution in [0.3, 0.4) is 0 Å². The first-order valence-electron chi connectivity index (χ1n) is 6.42. The Morgan fingerprint density at radius 1 is 1.35 bits per heavy atom. The standard InChI is InChI=1S/C12H26N2O2S/c1-11(2)17(15,16)9-8-14-7-5-6-13-12(3,4)10-14/h11,13H,5-10H2,1-4H3. The molecule has 4 nitrogen and oxygen atoms in total. The van der Waals surface area contributed by atoms with E-state index in [4.69, 9.17) is 0 Å². The lowest BCUT2D eigenvalue weighted by Crippen LogP contribution is -2.47. The summed E-state index contributed by atoms with van der Waals surface area (Å²) in [5.41, 5.74) is 0.0814. The smallest absolute Gasteiger partial charge is 0.153 e. The molecule has 0 aromatic rings. The fraction of sp³-hybridized carbons (Fsp3) is 1.00. The van der Waals surface area contributed by atoms with Gasteiger partial charge in [0.15, 0.2) is 9.84 Å². The average Bonchev–Trinajstić information content (AvgIpc) is 2.36. The predicted molar refractivity (Wildman–Crippen MR) is 72.1 cm³/mol. The largest absolute Gasteiger partial charge is 0.310 e. The monoisotopic (exact) mass is 262 g/mol. The van der Waals surface area contributed by atoms with Crippen molar-refractivity contribution in [1.29, 1.82) is 0 Å². The van der Waals surface area contributed by atoms with Crippen molar-refractivity contribution < 1.29 is 8.42 Å². The molecule has 1 rings (SSSR count). The Balaban J connectivity index is 2.51. The summed E-state index contributed by atoms with van der Waals surface area (Å²) in [7, 11) is -2.91. The van der Waals surface area contributed by atoms with Gasteiger partial charge in [-0.1, -0.05) is 0 Å². The number of rotatable bonds is 4. The lowest BCUT2D eigenvalue weighted by molar-refractivity contribution is 0.242. The van der Waals surface area contributed by atoms with E-state index in [1.165, 1.54) is 0 Å². The molecule has 0 amide bonds. The third-order valence-electron chi connectivity index (χ3n) is 3.28. The van der Waals surface area contributed by atoms with Gasteiger partial charge in [-0.2, -0.15) is 0 Å². The van der Waals surface area contributed by atoms with E-state index in [-0.39, 0.29) is 16.5 Å². The zero-order chi connectivity index (χ0) is 13.1. The first-order chi connectivity index (χ1) is 7.73. The Hall–Kier alpha value is -0.130. The summed E-state index contributed by atoms with van der Waals surface area (Å²) in [6.45, 7) is 11.4. The molecule has 0 radical (unpaired) electrons. The predicted octanol–water partition coefficient (Wildman–Crippen LogP) is 0.884. The highest BCUT2D eigenvalue weighted by atomic mass is 32.2. The minimum absolute atomic E-state index is 0.0814. The molecule has 1 heterocycles. The second-order valence-electron chi connectivity index (χ2n) is 5.86. The molecule has 1 aliphatic rings. The number of nitrogens with one attached hydrogen (secondary N) is 1. The summed E-state index contributed by atoms with van der Waals surface area (Å²) in [6, 6.07) is 0. The summed E-state index contributed by atoms with van der Waals surface area (Å²) < 4.78 is 23.6. The maximum atomic E-state index is 11.8. The Morgan fingerprint density at radius 2 is 2.00 bits per heavy atom. The lowest BCUT2D eigenvalue weighted by atomic mass is 10.1. The van der Waals surface area contributed by atoms with Crippen LogP contribution in [0.5, 0.6) is 0 Å². The Bertz CT molecular complexity index is 336. The SMILES string of the molecule is CC(C)S(=O)(=O)CCN1CCCNC(C)(C)C1. The van der Waals surface area contributed by atoms with E-state index >= 15 is 0 Å². The number of hydrogen-bond donors (Lipinski definition) is 1. The molecule has 0 aliphatic carbocycles. The normalized spacial score (nSPS) is 22.6. The summed E-state index contributed by atoms with van der Waals surface area (Å²) in [5.74, 6) is 0.279. The fourth-order valence-corrected chi connectivity index (χ4v) is 3.09. The van der Waals surface area contributed by atoms with Gasteiger partial charge in [0.1, 0.15) is 0 Å². The number of sulfone groups is 1. The quantitative estimate of drug-likeness (QED) is 0.817.